The maximum Gasteiger partial charge on any atom is 0.222 e. The minimum Gasteiger partial charge on any atom is -0.382 e. The number of carbonyl (C=O) groups excluding carboxylic acids is 1. The Morgan fingerprint density at radius 1 is 1.47 bits per heavy atom. The molecule has 0 aliphatic carbocycles. The highest BCUT2D eigenvalue weighted by Crippen LogP contribution is 2.15. The smallest absolute Gasteiger partial charge is 0.222 e. The molecule has 0 spiro atoms. The Hall–Kier alpha value is -1.58. The Balaban J connectivity index is 1.97. The molecule has 4 nitrogen and oxygen atoms in total. The third-order valence-electron chi connectivity index (χ3n) is 2.53. The van der Waals surface area contributed by atoms with Crippen LogP contribution in [0.5, 0.6) is 0 Å². The molecule has 1 aromatic heterocycles. The predicted molar refractivity (Wildman–Crippen MR) is 58.5 cm³/mol. The zero-order valence-corrected chi connectivity index (χ0v) is 8.73. The number of amides is 1. The second kappa shape index (κ2) is 4.29. The number of nitrogens with one attached hydrogen (secondary N) is 2. The lowest BCUT2D eigenvalue weighted by Gasteiger charge is -2.28. The van der Waals surface area contributed by atoms with E-state index in [0.717, 1.165) is 12.1 Å². The van der Waals surface area contributed by atoms with E-state index in [1.165, 1.54) is 0 Å². The fourth-order valence-electron chi connectivity index (χ4n) is 1.92. The largest absolute Gasteiger partial charge is 0.382 e. The first-order valence-electron chi connectivity index (χ1n) is 5.20. The maximum absolute atomic E-state index is 11.3. The molecule has 1 aromatic rings. The summed E-state index contributed by atoms with van der Waals surface area (Å²) < 4.78 is 0. The van der Waals surface area contributed by atoms with Gasteiger partial charge in [-0.1, -0.05) is 0 Å². The SMILES string of the molecule is CC1CC(Nc2ccncc2)CC(=O)N1. The van der Waals surface area contributed by atoms with Gasteiger partial charge in [0.1, 0.15) is 0 Å². The van der Waals surface area contributed by atoms with Gasteiger partial charge in [0.05, 0.1) is 0 Å². The number of nitrogens with zero attached hydrogens (tertiary/aromatic N) is 1. The zero-order chi connectivity index (χ0) is 10.7. The van der Waals surface area contributed by atoms with Crippen molar-refractivity contribution in [3.05, 3.63) is 24.5 Å². The van der Waals surface area contributed by atoms with Crippen LogP contribution in [0.3, 0.4) is 0 Å². The maximum atomic E-state index is 11.3. The van der Waals surface area contributed by atoms with Crippen molar-refractivity contribution in [1.29, 1.82) is 0 Å². The van der Waals surface area contributed by atoms with E-state index in [-0.39, 0.29) is 18.0 Å². The molecule has 2 rings (SSSR count). The number of carbonyl (C=O) groups is 1. The molecular formula is C11H15N3O. The first-order valence-corrected chi connectivity index (χ1v) is 5.20. The van der Waals surface area contributed by atoms with Crippen molar-refractivity contribution in [3.8, 4) is 0 Å². The summed E-state index contributed by atoms with van der Waals surface area (Å²) in [6, 6.07) is 4.32. The summed E-state index contributed by atoms with van der Waals surface area (Å²) in [5.74, 6) is 0.125. The molecule has 1 saturated heterocycles. The molecule has 0 bridgehead atoms. The lowest BCUT2D eigenvalue weighted by Crippen LogP contribution is -2.45. The number of pyridine rings is 1. The summed E-state index contributed by atoms with van der Waals surface area (Å²) in [5, 5.41) is 6.24. The molecule has 0 radical (unpaired) electrons. The molecular weight excluding hydrogens is 190 g/mol. The van der Waals surface area contributed by atoms with Crippen LogP contribution in [-0.4, -0.2) is 23.0 Å². The van der Waals surface area contributed by atoms with Crippen LogP contribution in [0, 0.1) is 0 Å². The molecule has 2 atom stereocenters. The van der Waals surface area contributed by atoms with E-state index < -0.39 is 0 Å². The van der Waals surface area contributed by atoms with E-state index in [0.29, 0.717) is 6.42 Å². The number of anilines is 1. The van der Waals surface area contributed by atoms with Crippen LogP contribution in [0.4, 0.5) is 5.69 Å². The summed E-state index contributed by atoms with van der Waals surface area (Å²) in [7, 11) is 0. The lowest BCUT2D eigenvalue weighted by atomic mass is 10.00. The summed E-state index contributed by atoms with van der Waals surface area (Å²) in [5.41, 5.74) is 1.02. The second-order valence-corrected chi connectivity index (χ2v) is 3.99. The van der Waals surface area contributed by atoms with Gasteiger partial charge >= 0.3 is 0 Å². The standard InChI is InChI=1S/C11H15N3O/c1-8-6-10(7-11(15)13-8)14-9-2-4-12-5-3-9/h2-5,8,10H,6-7H2,1H3,(H,12,14)(H,13,15). The summed E-state index contributed by atoms with van der Waals surface area (Å²) in [4.78, 5) is 15.3. The van der Waals surface area contributed by atoms with E-state index in [9.17, 15) is 4.79 Å². The van der Waals surface area contributed by atoms with Gasteiger partial charge in [0.2, 0.25) is 5.91 Å². The monoisotopic (exact) mass is 205 g/mol. The van der Waals surface area contributed by atoms with Crippen molar-refractivity contribution in [2.75, 3.05) is 5.32 Å². The molecule has 15 heavy (non-hydrogen) atoms. The van der Waals surface area contributed by atoms with E-state index in [4.69, 9.17) is 0 Å². The van der Waals surface area contributed by atoms with Crippen LogP contribution in [0.15, 0.2) is 24.5 Å². The number of aromatic nitrogens is 1. The average molecular weight is 205 g/mol. The van der Waals surface area contributed by atoms with Gasteiger partial charge < -0.3 is 10.6 Å². The van der Waals surface area contributed by atoms with Gasteiger partial charge in [0.15, 0.2) is 0 Å². The molecule has 1 aliphatic heterocycles. The van der Waals surface area contributed by atoms with Crippen LogP contribution < -0.4 is 10.6 Å². The summed E-state index contributed by atoms with van der Waals surface area (Å²) in [6.45, 7) is 2.03. The third-order valence-corrected chi connectivity index (χ3v) is 2.53. The van der Waals surface area contributed by atoms with Crippen molar-refractivity contribution in [2.45, 2.75) is 31.8 Å². The third kappa shape index (κ3) is 2.68. The van der Waals surface area contributed by atoms with Gasteiger partial charge in [0, 0.05) is 36.6 Å². The molecule has 1 aliphatic rings. The predicted octanol–water partition coefficient (Wildman–Crippen LogP) is 1.16. The topological polar surface area (TPSA) is 54.0 Å². The van der Waals surface area contributed by atoms with E-state index in [1.54, 1.807) is 12.4 Å². The lowest BCUT2D eigenvalue weighted by molar-refractivity contribution is -0.123. The molecule has 0 saturated carbocycles. The highest BCUT2D eigenvalue weighted by Gasteiger charge is 2.23. The van der Waals surface area contributed by atoms with E-state index >= 15 is 0 Å². The zero-order valence-electron chi connectivity index (χ0n) is 8.73. The second-order valence-electron chi connectivity index (χ2n) is 3.99. The molecule has 2 N–H and O–H groups in total. The fraction of sp³-hybridized carbons (Fsp3) is 0.455. The van der Waals surface area contributed by atoms with Crippen LogP contribution in [0.2, 0.25) is 0 Å². The Morgan fingerprint density at radius 3 is 2.87 bits per heavy atom. The number of hydrogen-bond acceptors (Lipinski definition) is 3. The first kappa shape index (κ1) is 9.96. The van der Waals surface area contributed by atoms with Crippen molar-refractivity contribution in [1.82, 2.24) is 10.3 Å². The van der Waals surface area contributed by atoms with E-state index in [2.05, 4.69) is 15.6 Å². The normalized spacial score (nSPS) is 25.8. The van der Waals surface area contributed by atoms with Crippen LogP contribution >= 0.6 is 0 Å². The summed E-state index contributed by atoms with van der Waals surface area (Å²) in [6.07, 6.45) is 5.00. The van der Waals surface area contributed by atoms with Gasteiger partial charge in [-0.2, -0.15) is 0 Å². The number of piperidine rings is 1. The van der Waals surface area contributed by atoms with Crippen LogP contribution in [-0.2, 0) is 4.79 Å². The highest BCUT2D eigenvalue weighted by atomic mass is 16.1. The van der Waals surface area contributed by atoms with Crippen LogP contribution in [0.25, 0.3) is 0 Å². The minimum absolute atomic E-state index is 0.125. The highest BCUT2D eigenvalue weighted by molar-refractivity contribution is 5.78. The Kier molecular flexibility index (Phi) is 2.85. The van der Waals surface area contributed by atoms with Gasteiger partial charge in [-0.25, -0.2) is 0 Å². The van der Waals surface area contributed by atoms with Gasteiger partial charge in [0.25, 0.3) is 0 Å². The molecule has 1 fully saturated rings. The molecule has 4 heteroatoms. The Labute approximate surface area is 89.1 Å². The minimum atomic E-state index is 0.125. The van der Waals surface area contributed by atoms with Gasteiger partial charge in [-0.15, -0.1) is 0 Å². The van der Waals surface area contributed by atoms with Crippen molar-refractivity contribution in [3.63, 3.8) is 0 Å². The van der Waals surface area contributed by atoms with Gasteiger partial charge in [-0.3, -0.25) is 9.78 Å². The Morgan fingerprint density at radius 2 is 2.20 bits per heavy atom. The fourth-order valence-corrected chi connectivity index (χ4v) is 1.92. The average Bonchev–Trinajstić information content (AvgIpc) is 2.17. The molecule has 0 aromatic carbocycles. The Bertz CT molecular complexity index is 339. The van der Waals surface area contributed by atoms with Crippen molar-refractivity contribution >= 4 is 11.6 Å². The quantitative estimate of drug-likeness (QED) is 0.761. The number of hydrogen-bond donors (Lipinski definition) is 2. The van der Waals surface area contributed by atoms with Crippen molar-refractivity contribution < 1.29 is 4.79 Å². The first-order chi connectivity index (χ1) is 7.24. The molecule has 2 unspecified atom stereocenters. The van der Waals surface area contributed by atoms with Gasteiger partial charge in [-0.05, 0) is 25.5 Å². The molecule has 80 valence electrons. The summed E-state index contributed by atoms with van der Waals surface area (Å²) >= 11 is 0. The van der Waals surface area contributed by atoms with E-state index in [1.807, 2.05) is 19.1 Å². The van der Waals surface area contributed by atoms with Crippen LogP contribution in [0.1, 0.15) is 19.8 Å². The number of rotatable bonds is 2. The molecule has 2 heterocycles. The van der Waals surface area contributed by atoms with Crippen molar-refractivity contribution in [2.24, 2.45) is 0 Å². The molecule has 1 amide bonds.